The molecular weight excluding hydrogens is 187 g/mol. The average molecular weight is 200 g/mol. The summed E-state index contributed by atoms with van der Waals surface area (Å²) in [7, 11) is 1.15. The second-order valence-electron chi connectivity index (χ2n) is 3.59. The van der Waals surface area contributed by atoms with Crippen molar-refractivity contribution in [1.29, 1.82) is 0 Å². The smallest absolute Gasteiger partial charge is 0.223 e. The van der Waals surface area contributed by atoms with Crippen LogP contribution in [0.15, 0.2) is 28.8 Å². The van der Waals surface area contributed by atoms with Crippen molar-refractivity contribution in [2.24, 2.45) is 0 Å². The van der Waals surface area contributed by atoms with Gasteiger partial charge in [0.2, 0.25) is 11.7 Å². The van der Waals surface area contributed by atoms with Gasteiger partial charge < -0.3 is 4.52 Å². The van der Waals surface area contributed by atoms with Crippen molar-refractivity contribution in [3.05, 3.63) is 35.7 Å². The van der Waals surface area contributed by atoms with Crippen LogP contribution in [0.3, 0.4) is 0 Å². The predicted molar refractivity (Wildman–Crippen MR) is 61.2 cm³/mol. The fourth-order valence-electron chi connectivity index (χ4n) is 1.57. The minimum absolute atomic E-state index is 0.603. The van der Waals surface area contributed by atoms with E-state index in [4.69, 9.17) is 4.52 Å². The Hall–Kier alpha value is -1.58. The number of benzene rings is 1. The Morgan fingerprint density at radius 2 is 2.27 bits per heavy atom. The molecule has 0 spiro atoms. The van der Waals surface area contributed by atoms with Crippen molar-refractivity contribution in [2.75, 3.05) is 0 Å². The molecule has 0 saturated heterocycles. The van der Waals surface area contributed by atoms with Crippen LogP contribution in [0.1, 0.15) is 11.5 Å². The van der Waals surface area contributed by atoms with E-state index in [1.807, 2.05) is 12.1 Å². The first-order valence-electron chi connectivity index (χ1n) is 5.19. The first kappa shape index (κ1) is 9.96. The molecule has 0 fully saturated rings. The Balaban J connectivity index is 2.32. The summed E-state index contributed by atoms with van der Waals surface area (Å²) in [6, 6.07) is 8.28. The molecule has 0 N–H and O–H groups in total. The lowest BCUT2D eigenvalue weighted by Crippen LogP contribution is -1.91. The lowest BCUT2D eigenvalue weighted by atomic mass is 9.75. The van der Waals surface area contributed by atoms with Crippen LogP contribution in [0.2, 0.25) is 6.82 Å². The molecule has 0 unspecified atom stereocenters. The van der Waals surface area contributed by atoms with Gasteiger partial charge in [0, 0.05) is 12.5 Å². The molecule has 15 heavy (non-hydrogen) atoms. The summed E-state index contributed by atoms with van der Waals surface area (Å²) in [5, 5.41) is 3.90. The summed E-state index contributed by atoms with van der Waals surface area (Å²) in [6.07, 6.45) is 1.09. The molecule has 3 nitrogen and oxygen atoms in total. The van der Waals surface area contributed by atoms with E-state index in [2.05, 4.69) is 29.1 Å². The molecule has 2 rings (SSSR count). The third-order valence-corrected chi connectivity index (χ3v) is 2.25. The maximum Gasteiger partial charge on any atom is 0.223 e. The van der Waals surface area contributed by atoms with Gasteiger partial charge in [-0.05, 0) is 6.07 Å². The third-order valence-electron chi connectivity index (χ3n) is 2.25. The van der Waals surface area contributed by atoms with E-state index in [0.29, 0.717) is 11.7 Å². The zero-order chi connectivity index (χ0) is 10.7. The number of nitrogens with zero attached hydrogens (tertiary/aromatic N) is 2. The highest BCUT2D eigenvalue weighted by Gasteiger charge is 2.05. The molecule has 1 aromatic carbocycles. The Bertz CT molecular complexity index is 453. The fourth-order valence-corrected chi connectivity index (χ4v) is 1.57. The average Bonchev–Trinajstić information content (AvgIpc) is 2.66. The summed E-state index contributed by atoms with van der Waals surface area (Å²) in [5.41, 5.74) is 2.34. The largest absolute Gasteiger partial charge is 0.339 e. The van der Waals surface area contributed by atoms with E-state index in [1.165, 1.54) is 5.56 Å². The molecule has 2 aromatic rings. The van der Waals surface area contributed by atoms with Gasteiger partial charge >= 0.3 is 0 Å². The Morgan fingerprint density at radius 1 is 1.40 bits per heavy atom. The van der Waals surface area contributed by atoms with Crippen LogP contribution in [0.25, 0.3) is 11.4 Å². The lowest BCUT2D eigenvalue weighted by molar-refractivity contribution is 0.394. The monoisotopic (exact) mass is 200 g/mol. The summed E-state index contributed by atoms with van der Waals surface area (Å²) < 4.78 is 4.96. The Kier molecular flexibility index (Phi) is 2.85. The zero-order valence-electron chi connectivity index (χ0n) is 9.03. The van der Waals surface area contributed by atoms with Gasteiger partial charge in [0.15, 0.2) is 0 Å². The lowest BCUT2D eigenvalue weighted by Gasteiger charge is -1.99. The highest BCUT2D eigenvalue weighted by molar-refractivity contribution is 6.32. The molecule has 0 amide bonds. The molecule has 1 aromatic heterocycles. The molecule has 4 heteroatoms. The molecule has 0 saturated carbocycles. The zero-order valence-corrected chi connectivity index (χ0v) is 9.03. The van der Waals surface area contributed by atoms with Crippen LogP contribution in [0.5, 0.6) is 0 Å². The van der Waals surface area contributed by atoms with Crippen molar-refractivity contribution in [1.82, 2.24) is 10.1 Å². The number of hydrogen-bond donors (Lipinski definition) is 0. The quantitative estimate of drug-likeness (QED) is 0.711. The van der Waals surface area contributed by atoms with E-state index in [0.717, 1.165) is 19.2 Å². The SMILES string of the molecule is CBCc1cccc(-c2noc(C)n2)c1. The van der Waals surface area contributed by atoms with Crippen LogP contribution < -0.4 is 0 Å². The molecule has 0 aliphatic rings. The van der Waals surface area contributed by atoms with Crippen molar-refractivity contribution in [3.63, 3.8) is 0 Å². The van der Waals surface area contributed by atoms with E-state index in [9.17, 15) is 0 Å². The topological polar surface area (TPSA) is 38.9 Å². The van der Waals surface area contributed by atoms with E-state index in [1.54, 1.807) is 6.92 Å². The van der Waals surface area contributed by atoms with Crippen molar-refractivity contribution < 1.29 is 4.52 Å². The second-order valence-corrected chi connectivity index (χ2v) is 3.59. The summed E-state index contributed by atoms with van der Waals surface area (Å²) in [6.45, 7) is 3.97. The minimum atomic E-state index is 0.603. The standard InChI is InChI=1S/C11H13BN2O/c1-8-13-11(14-15-8)10-5-3-4-9(6-10)7-12-2/h3-6,12H,7H2,1-2H3. The normalized spacial score (nSPS) is 10.3. The van der Waals surface area contributed by atoms with Gasteiger partial charge in [-0.3, -0.25) is 0 Å². The van der Waals surface area contributed by atoms with E-state index >= 15 is 0 Å². The van der Waals surface area contributed by atoms with Crippen LogP contribution in [-0.2, 0) is 6.32 Å². The van der Waals surface area contributed by atoms with Gasteiger partial charge in [-0.15, -0.1) is 0 Å². The molecule has 0 atom stereocenters. The van der Waals surface area contributed by atoms with E-state index < -0.39 is 0 Å². The Morgan fingerprint density at radius 3 is 2.93 bits per heavy atom. The van der Waals surface area contributed by atoms with Crippen molar-refractivity contribution in [3.8, 4) is 11.4 Å². The second kappa shape index (κ2) is 4.30. The fraction of sp³-hybridized carbons (Fsp3) is 0.273. The molecule has 0 aliphatic carbocycles. The maximum atomic E-state index is 4.96. The highest BCUT2D eigenvalue weighted by atomic mass is 16.5. The molecule has 0 aliphatic heterocycles. The van der Waals surface area contributed by atoms with Gasteiger partial charge in [0.05, 0.1) is 0 Å². The van der Waals surface area contributed by atoms with Crippen LogP contribution in [-0.4, -0.2) is 17.4 Å². The number of aryl methyl sites for hydroxylation is 1. The first-order chi connectivity index (χ1) is 7.29. The van der Waals surface area contributed by atoms with Gasteiger partial charge in [-0.25, -0.2) is 0 Å². The molecule has 0 bridgehead atoms. The molecule has 1 heterocycles. The minimum Gasteiger partial charge on any atom is -0.339 e. The van der Waals surface area contributed by atoms with Crippen molar-refractivity contribution >= 4 is 7.28 Å². The van der Waals surface area contributed by atoms with Gasteiger partial charge in [0.25, 0.3) is 0 Å². The van der Waals surface area contributed by atoms with Gasteiger partial charge in [0.1, 0.15) is 7.28 Å². The molecular formula is C11H13BN2O. The molecule has 0 radical (unpaired) electrons. The summed E-state index contributed by atoms with van der Waals surface area (Å²) in [4.78, 5) is 4.20. The van der Waals surface area contributed by atoms with Crippen LogP contribution in [0.4, 0.5) is 0 Å². The Labute approximate surface area is 89.8 Å². The third kappa shape index (κ3) is 2.26. The number of aromatic nitrogens is 2. The van der Waals surface area contributed by atoms with Gasteiger partial charge in [-0.2, -0.15) is 4.98 Å². The van der Waals surface area contributed by atoms with Crippen LogP contribution in [0, 0.1) is 6.92 Å². The first-order valence-corrected chi connectivity index (χ1v) is 5.19. The highest BCUT2D eigenvalue weighted by Crippen LogP contribution is 2.17. The summed E-state index contributed by atoms with van der Waals surface area (Å²) in [5.74, 6) is 1.27. The maximum absolute atomic E-state index is 4.96. The van der Waals surface area contributed by atoms with Gasteiger partial charge in [-0.1, -0.05) is 42.1 Å². The van der Waals surface area contributed by atoms with Crippen LogP contribution >= 0.6 is 0 Å². The predicted octanol–water partition coefficient (Wildman–Crippen LogP) is 2.03. The number of hydrogen-bond acceptors (Lipinski definition) is 3. The van der Waals surface area contributed by atoms with E-state index in [-0.39, 0.29) is 0 Å². The number of rotatable bonds is 3. The molecule has 76 valence electrons. The summed E-state index contributed by atoms with van der Waals surface area (Å²) >= 11 is 0. The van der Waals surface area contributed by atoms with Crippen molar-refractivity contribution in [2.45, 2.75) is 20.1 Å².